The van der Waals surface area contributed by atoms with Gasteiger partial charge >= 0.3 is 0 Å². The largest absolute Gasteiger partial charge is 0.389 e. The van der Waals surface area contributed by atoms with Crippen molar-refractivity contribution in [3.63, 3.8) is 0 Å². The van der Waals surface area contributed by atoms with Gasteiger partial charge in [-0.2, -0.15) is 0 Å². The van der Waals surface area contributed by atoms with Gasteiger partial charge in [0.05, 0.1) is 30.8 Å². The second kappa shape index (κ2) is 10.9. The fourth-order valence-electron chi connectivity index (χ4n) is 4.16. The van der Waals surface area contributed by atoms with E-state index < -0.39 is 12.1 Å². The Balaban J connectivity index is 0.000000179. The van der Waals surface area contributed by atoms with Crippen LogP contribution in [0.25, 0.3) is 20.4 Å². The first-order chi connectivity index (χ1) is 18.0. The van der Waals surface area contributed by atoms with E-state index in [1.807, 2.05) is 24.3 Å². The Kier molecular flexibility index (Phi) is 7.94. The van der Waals surface area contributed by atoms with E-state index in [1.54, 1.807) is 38.1 Å². The number of aliphatic hydroxyl groups excluding tert-OH is 1. The van der Waals surface area contributed by atoms with Gasteiger partial charge in [-0.1, -0.05) is 35.3 Å². The second-order valence-electron chi connectivity index (χ2n) is 8.50. The summed E-state index contributed by atoms with van der Waals surface area (Å²) in [6.07, 6.45) is -0.585. The highest BCUT2D eigenvalue weighted by Crippen LogP contribution is 2.37. The molecule has 0 saturated heterocycles. The lowest BCUT2D eigenvalue weighted by Crippen LogP contribution is -2.32. The third kappa shape index (κ3) is 5.15. The topological polar surface area (TPSA) is 83.4 Å². The van der Waals surface area contributed by atoms with Crippen LogP contribution in [-0.4, -0.2) is 31.8 Å². The highest BCUT2D eigenvalue weighted by molar-refractivity contribution is 9.11. The first-order valence-corrected chi connectivity index (χ1v) is 15.2. The van der Waals surface area contributed by atoms with Gasteiger partial charge in [0, 0.05) is 21.9 Å². The quantitative estimate of drug-likeness (QED) is 0.149. The SMILES string of the molecule is C[C@@H](O)c1cc2cc(Br)sc2nc1Cl.C[C@@H](c1cc2cc(Br)sc2nc1Cl)N1C(=O)c2ccccc2C1=O. The van der Waals surface area contributed by atoms with Gasteiger partial charge in [-0.05, 0) is 82.1 Å². The number of halogens is 4. The molecule has 0 unspecified atom stereocenters. The lowest BCUT2D eigenvalue weighted by molar-refractivity contribution is 0.0595. The van der Waals surface area contributed by atoms with E-state index in [4.69, 9.17) is 23.2 Å². The number of hydrogen-bond acceptors (Lipinski definition) is 7. The smallest absolute Gasteiger partial charge is 0.262 e. The minimum absolute atomic E-state index is 0.300. The van der Waals surface area contributed by atoms with Crippen molar-refractivity contribution in [3.05, 3.63) is 88.7 Å². The Hall–Kier alpha value is -1.92. The molecule has 1 aliphatic rings. The van der Waals surface area contributed by atoms with Crippen molar-refractivity contribution in [1.82, 2.24) is 14.9 Å². The third-order valence-corrected chi connectivity index (χ3v) is 9.73. The predicted octanol–water partition coefficient (Wildman–Crippen LogP) is 8.83. The summed E-state index contributed by atoms with van der Waals surface area (Å²) in [6, 6.07) is 14.0. The molecule has 5 heterocycles. The van der Waals surface area contributed by atoms with Crippen LogP contribution in [0.1, 0.15) is 57.8 Å². The number of amides is 2. The average molecular weight is 714 g/mol. The number of nitrogens with zero attached hydrogens (tertiary/aromatic N) is 3. The van der Waals surface area contributed by atoms with Crippen LogP contribution in [0.4, 0.5) is 0 Å². The number of hydrogen-bond donors (Lipinski definition) is 1. The van der Waals surface area contributed by atoms with E-state index in [-0.39, 0.29) is 11.8 Å². The fourth-order valence-corrected chi connectivity index (χ4v) is 7.75. The van der Waals surface area contributed by atoms with Crippen molar-refractivity contribution in [2.24, 2.45) is 0 Å². The van der Waals surface area contributed by atoms with Gasteiger partial charge in [-0.15, -0.1) is 22.7 Å². The van der Waals surface area contributed by atoms with Crippen LogP contribution < -0.4 is 0 Å². The van der Waals surface area contributed by atoms with Gasteiger partial charge < -0.3 is 5.11 Å². The molecule has 1 N–H and O–H groups in total. The molecule has 0 radical (unpaired) electrons. The van der Waals surface area contributed by atoms with Crippen LogP contribution in [0.15, 0.2) is 56.1 Å². The summed E-state index contributed by atoms with van der Waals surface area (Å²) < 4.78 is 1.96. The molecule has 0 fully saturated rings. The van der Waals surface area contributed by atoms with E-state index in [9.17, 15) is 14.7 Å². The number of aliphatic hydroxyl groups is 1. The van der Waals surface area contributed by atoms with E-state index in [0.717, 1.165) is 28.0 Å². The van der Waals surface area contributed by atoms with Crippen LogP contribution in [-0.2, 0) is 0 Å². The summed E-state index contributed by atoms with van der Waals surface area (Å²) in [5.41, 5.74) is 2.18. The molecule has 6 nitrogen and oxygen atoms in total. The standard InChI is InChI=1S/C17H10BrClN2O2S.C9H7BrClNOS/c1-8(12-6-9-7-13(18)24-15(9)20-14(12)19)21-16(22)10-4-2-3-5-11(10)17(21)23;1-4(13)6-2-5-3-7(10)14-9(5)12-8(6)11/h2-8H,1H3;2-4,13H,1H3/t8-;4-/m01/s1. The number of benzene rings is 1. The van der Waals surface area contributed by atoms with Crippen molar-refractivity contribution in [3.8, 4) is 0 Å². The fraction of sp³-hybridized carbons (Fsp3) is 0.154. The minimum atomic E-state index is -0.585. The number of thiophene rings is 2. The zero-order valence-electron chi connectivity index (χ0n) is 19.7. The van der Waals surface area contributed by atoms with Crippen LogP contribution >= 0.6 is 77.7 Å². The predicted molar refractivity (Wildman–Crippen MR) is 161 cm³/mol. The highest BCUT2D eigenvalue weighted by atomic mass is 79.9. The molecule has 0 spiro atoms. The number of rotatable bonds is 3. The monoisotopic (exact) mass is 711 g/mol. The summed E-state index contributed by atoms with van der Waals surface area (Å²) in [6.45, 7) is 3.47. The van der Waals surface area contributed by atoms with Crippen molar-refractivity contribution in [2.75, 3.05) is 0 Å². The molecule has 2 atom stereocenters. The van der Waals surface area contributed by atoms with Crippen LogP contribution in [0.5, 0.6) is 0 Å². The van der Waals surface area contributed by atoms with Crippen molar-refractivity contribution >= 4 is 110 Å². The minimum Gasteiger partial charge on any atom is -0.389 e. The molecule has 0 bridgehead atoms. The van der Waals surface area contributed by atoms with Gasteiger partial charge in [0.2, 0.25) is 0 Å². The lowest BCUT2D eigenvalue weighted by Gasteiger charge is -2.23. The molecular formula is C26H17Br2Cl2N3O3S2. The first-order valence-electron chi connectivity index (χ1n) is 11.2. The summed E-state index contributed by atoms with van der Waals surface area (Å²) in [4.78, 5) is 36.8. The zero-order valence-corrected chi connectivity index (χ0v) is 26.0. The molecule has 38 heavy (non-hydrogen) atoms. The van der Waals surface area contributed by atoms with Crippen LogP contribution in [0, 0.1) is 0 Å². The molecule has 0 aliphatic carbocycles. The lowest BCUT2D eigenvalue weighted by atomic mass is 10.1. The van der Waals surface area contributed by atoms with Crippen molar-refractivity contribution in [2.45, 2.75) is 26.0 Å². The summed E-state index contributed by atoms with van der Waals surface area (Å²) in [5, 5.41) is 12.0. The number of carbonyl (C=O) groups excluding carboxylic acids is 2. The van der Waals surface area contributed by atoms with Crippen molar-refractivity contribution in [1.29, 1.82) is 0 Å². The number of imide groups is 1. The molecule has 2 amide bonds. The van der Waals surface area contributed by atoms with Crippen LogP contribution in [0.2, 0.25) is 10.3 Å². The molecule has 194 valence electrons. The van der Waals surface area contributed by atoms with E-state index in [1.165, 1.54) is 27.6 Å². The normalized spacial score (nSPS) is 14.6. The second-order valence-corrected chi connectivity index (χ2v) is 14.0. The summed E-state index contributed by atoms with van der Waals surface area (Å²) >= 11 is 22.1. The zero-order chi connectivity index (χ0) is 27.3. The van der Waals surface area contributed by atoms with Gasteiger partial charge in [0.25, 0.3) is 11.8 Å². The molecule has 6 rings (SSSR count). The third-order valence-electron chi connectivity index (χ3n) is 6.03. The Morgan fingerprint density at radius 3 is 1.74 bits per heavy atom. The number of pyridine rings is 2. The maximum atomic E-state index is 12.6. The molecular weight excluding hydrogens is 697 g/mol. The van der Waals surface area contributed by atoms with E-state index in [0.29, 0.717) is 32.6 Å². The Morgan fingerprint density at radius 1 is 0.816 bits per heavy atom. The number of carbonyl (C=O) groups is 2. The Labute approximate surface area is 252 Å². The molecule has 12 heteroatoms. The molecule has 1 aromatic carbocycles. The molecule has 5 aromatic rings. The Bertz CT molecular complexity index is 1700. The van der Waals surface area contributed by atoms with E-state index in [2.05, 4.69) is 41.8 Å². The summed E-state index contributed by atoms with van der Waals surface area (Å²) in [5.74, 6) is -0.600. The van der Waals surface area contributed by atoms with E-state index >= 15 is 0 Å². The van der Waals surface area contributed by atoms with Crippen LogP contribution in [0.3, 0.4) is 0 Å². The maximum absolute atomic E-state index is 12.6. The van der Waals surface area contributed by atoms with Gasteiger partial charge in [0.1, 0.15) is 20.0 Å². The molecule has 0 saturated carbocycles. The molecule has 4 aromatic heterocycles. The first kappa shape index (κ1) is 27.6. The van der Waals surface area contributed by atoms with Gasteiger partial charge in [-0.3, -0.25) is 14.5 Å². The average Bonchev–Trinajstić information content (AvgIpc) is 3.49. The van der Waals surface area contributed by atoms with Gasteiger partial charge in [0.15, 0.2) is 0 Å². The number of fused-ring (bicyclic) bond motifs is 3. The molecule has 1 aliphatic heterocycles. The Morgan fingerprint density at radius 2 is 1.26 bits per heavy atom. The van der Waals surface area contributed by atoms with Crippen molar-refractivity contribution < 1.29 is 14.7 Å². The highest BCUT2D eigenvalue weighted by Gasteiger charge is 2.39. The summed E-state index contributed by atoms with van der Waals surface area (Å²) in [7, 11) is 0. The van der Waals surface area contributed by atoms with Gasteiger partial charge in [-0.25, -0.2) is 9.97 Å². The number of aromatic nitrogens is 2. The maximum Gasteiger partial charge on any atom is 0.262 e.